The zero-order valence-electron chi connectivity index (χ0n) is 7.35. The van der Waals surface area contributed by atoms with Gasteiger partial charge in [-0.3, -0.25) is 10.1 Å². The maximum absolute atomic E-state index is 10.4. The van der Waals surface area contributed by atoms with Gasteiger partial charge in [0.25, 0.3) is 0 Å². The van der Waals surface area contributed by atoms with Gasteiger partial charge in [0.1, 0.15) is 11.2 Å². The Morgan fingerprint density at radius 2 is 2.43 bits per heavy atom. The summed E-state index contributed by atoms with van der Waals surface area (Å²) in [6, 6.07) is 1.91. The van der Waals surface area contributed by atoms with Crippen molar-refractivity contribution in [2.24, 2.45) is 0 Å². The van der Waals surface area contributed by atoms with E-state index < -0.39 is 4.92 Å². The molecule has 2 aromatic heterocycles. The fourth-order valence-electron chi connectivity index (χ4n) is 1.14. The lowest BCUT2D eigenvalue weighted by Crippen LogP contribution is -1.80. The minimum Gasteiger partial charge on any atom is -0.359 e. The van der Waals surface area contributed by atoms with Gasteiger partial charge in [-0.25, -0.2) is 4.98 Å². The number of nitrogens with one attached hydrogen (secondary N) is 1. The van der Waals surface area contributed by atoms with Crippen molar-refractivity contribution in [3.63, 3.8) is 0 Å². The zero-order chi connectivity index (χ0) is 10.1. The minimum atomic E-state index is -0.431. The minimum absolute atomic E-state index is 0.0639. The fourth-order valence-corrected chi connectivity index (χ4v) is 1.95. The zero-order valence-corrected chi connectivity index (χ0v) is 8.17. The van der Waals surface area contributed by atoms with Gasteiger partial charge in [-0.15, -0.1) is 0 Å². The largest absolute Gasteiger partial charge is 0.359 e. The molecule has 5 nitrogen and oxygen atoms in total. The van der Waals surface area contributed by atoms with Crippen LogP contribution in [0.25, 0.3) is 10.7 Å². The Morgan fingerprint density at radius 1 is 1.64 bits per heavy atom. The molecule has 0 fully saturated rings. The van der Waals surface area contributed by atoms with Gasteiger partial charge in [0.15, 0.2) is 0 Å². The molecule has 14 heavy (non-hydrogen) atoms. The van der Waals surface area contributed by atoms with Gasteiger partial charge in [-0.2, -0.15) is 0 Å². The smallest absolute Gasteiger partial charge is 0.344 e. The molecule has 2 rings (SSSR count). The molecule has 0 spiro atoms. The highest BCUT2D eigenvalue weighted by molar-refractivity contribution is 7.18. The van der Waals surface area contributed by atoms with Crippen molar-refractivity contribution >= 4 is 16.3 Å². The van der Waals surface area contributed by atoms with Crippen molar-refractivity contribution in [3.05, 3.63) is 34.1 Å². The number of rotatable bonds is 2. The summed E-state index contributed by atoms with van der Waals surface area (Å²) < 4.78 is 0. The van der Waals surface area contributed by atoms with Gasteiger partial charge >= 0.3 is 5.00 Å². The van der Waals surface area contributed by atoms with Crippen molar-refractivity contribution in [3.8, 4) is 10.7 Å². The second-order valence-electron chi connectivity index (χ2n) is 2.80. The van der Waals surface area contributed by atoms with Gasteiger partial charge < -0.3 is 4.98 Å². The van der Waals surface area contributed by atoms with Gasteiger partial charge in [0.2, 0.25) is 0 Å². The van der Waals surface area contributed by atoms with Crippen molar-refractivity contribution in [1.82, 2.24) is 9.97 Å². The standard InChI is InChI=1S/C8H7N3O2S/c1-5-2-3-9-7(5)8-10-4-6(14-8)11(12)13/h2-4,9H,1H3. The molecule has 0 bridgehead atoms. The van der Waals surface area contributed by atoms with Crippen LogP contribution in [-0.4, -0.2) is 14.9 Å². The lowest BCUT2D eigenvalue weighted by molar-refractivity contribution is -0.380. The van der Waals surface area contributed by atoms with E-state index in [4.69, 9.17) is 0 Å². The van der Waals surface area contributed by atoms with Crippen LogP contribution in [0, 0.1) is 17.0 Å². The maximum Gasteiger partial charge on any atom is 0.344 e. The quantitative estimate of drug-likeness (QED) is 0.609. The first-order chi connectivity index (χ1) is 6.68. The van der Waals surface area contributed by atoms with Gasteiger partial charge in [-0.1, -0.05) is 0 Å². The van der Waals surface area contributed by atoms with Crippen molar-refractivity contribution in [2.75, 3.05) is 0 Å². The van der Waals surface area contributed by atoms with Crippen LogP contribution in [0.5, 0.6) is 0 Å². The Bertz CT molecular complexity index is 474. The summed E-state index contributed by atoms with van der Waals surface area (Å²) in [4.78, 5) is 17.0. The molecule has 0 aromatic carbocycles. The van der Waals surface area contributed by atoms with E-state index in [0.717, 1.165) is 22.6 Å². The predicted octanol–water partition coefficient (Wildman–Crippen LogP) is 2.35. The Balaban J connectivity index is 2.43. The predicted molar refractivity (Wildman–Crippen MR) is 53.3 cm³/mol. The first-order valence-electron chi connectivity index (χ1n) is 3.93. The normalized spacial score (nSPS) is 10.4. The number of H-pyrrole nitrogens is 1. The highest BCUT2D eigenvalue weighted by Crippen LogP contribution is 2.30. The number of hydrogen-bond acceptors (Lipinski definition) is 4. The third kappa shape index (κ3) is 1.39. The molecule has 6 heteroatoms. The molecule has 1 N–H and O–H groups in total. The lowest BCUT2D eigenvalue weighted by Gasteiger charge is -1.91. The molecule has 0 atom stereocenters. The molecule has 2 heterocycles. The van der Waals surface area contributed by atoms with Crippen LogP contribution in [0.4, 0.5) is 5.00 Å². The molecule has 0 saturated carbocycles. The topological polar surface area (TPSA) is 71.8 Å². The Hall–Kier alpha value is -1.69. The second-order valence-corrected chi connectivity index (χ2v) is 3.81. The van der Waals surface area contributed by atoms with Crippen molar-refractivity contribution < 1.29 is 4.92 Å². The highest BCUT2D eigenvalue weighted by Gasteiger charge is 2.14. The van der Waals surface area contributed by atoms with Gasteiger partial charge in [-0.05, 0) is 29.9 Å². The number of nitrogens with zero attached hydrogens (tertiary/aromatic N) is 2. The maximum atomic E-state index is 10.4. The molecule has 0 amide bonds. The average molecular weight is 209 g/mol. The number of hydrogen-bond donors (Lipinski definition) is 1. The van der Waals surface area contributed by atoms with Crippen LogP contribution in [0.3, 0.4) is 0 Å². The summed E-state index contributed by atoms with van der Waals surface area (Å²) in [5, 5.41) is 11.2. The molecule has 72 valence electrons. The highest BCUT2D eigenvalue weighted by atomic mass is 32.1. The molecule has 0 aliphatic rings. The van der Waals surface area contributed by atoms with E-state index in [0.29, 0.717) is 5.01 Å². The summed E-state index contributed by atoms with van der Waals surface area (Å²) in [5.74, 6) is 0. The van der Waals surface area contributed by atoms with E-state index in [2.05, 4.69) is 9.97 Å². The summed E-state index contributed by atoms with van der Waals surface area (Å²) >= 11 is 1.07. The molecule has 0 aliphatic carbocycles. The van der Waals surface area contributed by atoms with E-state index in [1.54, 1.807) is 6.20 Å². The van der Waals surface area contributed by atoms with E-state index in [-0.39, 0.29) is 5.00 Å². The Labute approximate surface area is 83.6 Å². The molecule has 0 radical (unpaired) electrons. The second kappa shape index (κ2) is 3.22. The van der Waals surface area contributed by atoms with Crippen LogP contribution in [0.1, 0.15) is 5.56 Å². The van der Waals surface area contributed by atoms with Crippen LogP contribution in [-0.2, 0) is 0 Å². The monoisotopic (exact) mass is 209 g/mol. The Morgan fingerprint density at radius 3 is 2.93 bits per heavy atom. The summed E-state index contributed by atoms with van der Waals surface area (Å²) in [6.45, 7) is 1.93. The molecular formula is C8H7N3O2S. The first kappa shape index (κ1) is 8.89. The number of aromatic amines is 1. The molecule has 2 aromatic rings. The number of thiazole rings is 1. The summed E-state index contributed by atoms with van der Waals surface area (Å²) in [6.07, 6.45) is 3.07. The average Bonchev–Trinajstić information content (AvgIpc) is 2.71. The van der Waals surface area contributed by atoms with E-state index in [9.17, 15) is 10.1 Å². The number of aryl methyl sites for hydroxylation is 1. The van der Waals surface area contributed by atoms with Crippen molar-refractivity contribution in [2.45, 2.75) is 6.92 Å². The van der Waals surface area contributed by atoms with Gasteiger partial charge in [0.05, 0.1) is 10.6 Å². The van der Waals surface area contributed by atoms with E-state index in [1.165, 1.54) is 6.20 Å². The van der Waals surface area contributed by atoms with E-state index >= 15 is 0 Å². The summed E-state index contributed by atoms with van der Waals surface area (Å²) in [5.41, 5.74) is 1.89. The molecular weight excluding hydrogens is 202 g/mol. The van der Waals surface area contributed by atoms with Crippen LogP contribution in [0.15, 0.2) is 18.5 Å². The molecule has 0 unspecified atom stereocenters. The number of aromatic nitrogens is 2. The van der Waals surface area contributed by atoms with E-state index in [1.807, 2.05) is 13.0 Å². The fraction of sp³-hybridized carbons (Fsp3) is 0.125. The summed E-state index contributed by atoms with van der Waals surface area (Å²) in [7, 11) is 0. The third-order valence-electron chi connectivity index (χ3n) is 1.84. The SMILES string of the molecule is Cc1cc[nH]c1-c1ncc([N+](=O)[O-])s1. The van der Waals surface area contributed by atoms with Crippen LogP contribution >= 0.6 is 11.3 Å². The molecule has 0 aliphatic heterocycles. The molecule has 0 saturated heterocycles. The van der Waals surface area contributed by atoms with Gasteiger partial charge in [0, 0.05) is 6.20 Å². The number of nitro groups is 1. The first-order valence-corrected chi connectivity index (χ1v) is 4.74. The van der Waals surface area contributed by atoms with Crippen molar-refractivity contribution in [1.29, 1.82) is 0 Å². The lowest BCUT2D eigenvalue weighted by atomic mass is 10.3. The third-order valence-corrected chi connectivity index (χ3v) is 2.81. The van der Waals surface area contributed by atoms with Crippen LogP contribution in [0.2, 0.25) is 0 Å². The Kier molecular flexibility index (Phi) is 2.05. The van der Waals surface area contributed by atoms with Crippen LogP contribution < -0.4 is 0 Å².